The highest BCUT2D eigenvalue weighted by Crippen LogP contribution is 2.05. The lowest BCUT2D eigenvalue weighted by Gasteiger charge is -1.98. The summed E-state index contributed by atoms with van der Waals surface area (Å²) in [6.45, 7) is 3.39. The van der Waals surface area contributed by atoms with Crippen molar-refractivity contribution >= 4 is 0 Å². The molecule has 1 heterocycles. The van der Waals surface area contributed by atoms with Crippen LogP contribution >= 0.6 is 0 Å². The van der Waals surface area contributed by atoms with Gasteiger partial charge in [0.15, 0.2) is 11.4 Å². The average molecular weight is 158 g/mol. The molecule has 0 N–H and O–H groups in total. The molecule has 0 saturated heterocycles. The SMILES string of the molecule is Cc1nc(C)c(C#N)nc1C#N. The summed E-state index contributed by atoms with van der Waals surface area (Å²) in [5.74, 6) is 0. The smallest absolute Gasteiger partial charge is 0.163 e. The maximum Gasteiger partial charge on any atom is 0.163 e. The Morgan fingerprint density at radius 2 is 1.33 bits per heavy atom. The molecule has 0 fully saturated rings. The molecule has 0 atom stereocenters. The normalized spacial score (nSPS) is 8.67. The summed E-state index contributed by atoms with van der Waals surface area (Å²) in [4.78, 5) is 7.83. The van der Waals surface area contributed by atoms with Crippen molar-refractivity contribution < 1.29 is 0 Å². The topological polar surface area (TPSA) is 73.4 Å². The molecule has 0 bridgehead atoms. The van der Waals surface area contributed by atoms with Crippen molar-refractivity contribution in [2.24, 2.45) is 0 Å². The molecule has 0 radical (unpaired) electrons. The first kappa shape index (κ1) is 8.16. The van der Waals surface area contributed by atoms with Gasteiger partial charge in [0.2, 0.25) is 0 Å². The van der Waals surface area contributed by atoms with Crippen molar-refractivity contribution in [3.05, 3.63) is 22.8 Å². The fourth-order valence-corrected chi connectivity index (χ4v) is 0.843. The Balaban J connectivity index is 3.42. The van der Waals surface area contributed by atoms with E-state index < -0.39 is 0 Å². The zero-order valence-corrected chi connectivity index (χ0v) is 6.79. The van der Waals surface area contributed by atoms with E-state index >= 15 is 0 Å². The zero-order valence-electron chi connectivity index (χ0n) is 6.79. The van der Waals surface area contributed by atoms with Crippen LogP contribution in [0.3, 0.4) is 0 Å². The molecule has 58 valence electrons. The number of hydrogen-bond acceptors (Lipinski definition) is 4. The van der Waals surface area contributed by atoms with E-state index in [0.717, 1.165) is 0 Å². The van der Waals surface area contributed by atoms with Crippen LogP contribution in [0.25, 0.3) is 0 Å². The highest BCUT2D eigenvalue weighted by molar-refractivity contribution is 5.33. The van der Waals surface area contributed by atoms with Gasteiger partial charge in [-0.1, -0.05) is 0 Å². The molecule has 0 aliphatic heterocycles. The summed E-state index contributed by atoms with van der Waals surface area (Å²) in [6.07, 6.45) is 0. The molecule has 4 heteroatoms. The van der Waals surface area contributed by atoms with Gasteiger partial charge < -0.3 is 0 Å². The first-order chi connectivity index (χ1) is 5.69. The van der Waals surface area contributed by atoms with Crippen molar-refractivity contribution in [1.29, 1.82) is 10.5 Å². The molecule has 0 saturated carbocycles. The third-order valence-electron chi connectivity index (χ3n) is 1.46. The molecule has 0 aliphatic rings. The molecule has 1 rings (SSSR count). The number of aromatic nitrogens is 2. The van der Waals surface area contributed by atoms with Gasteiger partial charge in [0.25, 0.3) is 0 Å². The lowest BCUT2D eigenvalue weighted by atomic mass is 10.3. The first-order valence-corrected chi connectivity index (χ1v) is 3.34. The number of aryl methyl sites for hydroxylation is 2. The molecule has 0 aromatic carbocycles. The first-order valence-electron chi connectivity index (χ1n) is 3.34. The van der Waals surface area contributed by atoms with Gasteiger partial charge in [-0.05, 0) is 13.8 Å². The predicted octanol–water partition coefficient (Wildman–Crippen LogP) is 0.837. The van der Waals surface area contributed by atoms with Gasteiger partial charge in [-0.25, -0.2) is 4.98 Å². The number of hydrogen-bond donors (Lipinski definition) is 0. The molecular weight excluding hydrogens is 152 g/mol. The molecule has 0 aliphatic carbocycles. The number of nitrogens with zero attached hydrogens (tertiary/aromatic N) is 4. The summed E-state index contributed by atoms with van der Waals surface area (Å²) in [6, 6.07) is 3.74. The van der Waals surface area contributed by atoms with Crippen LogP contribution in [0.5, 0.6) is 0 Å². The maximum absolute atomic E-state index is 8.57. The molecule has 0 spiro atoms. The average Bonchev–Trinajstić information content (AvgIpc) is 2.05. The number of rotatable bonds is 0. The third kappa shape index (κ3) is 1.23. The minimum Gasteiger partial charge on any atom is -0.252 e. The van der Waals surface area contributed by atoms with Gasteiger partial charge in [-0.15, -0.1) is 0 Å². The van der Waals surface area contributed by atoms with Gasteiger partial charge in [0.05, 0.1) is 11.4 Å². The van der Waals surface area contributed by atoms with Crippen LogP contribution in [0.2, 0.25) is 0 Å². The minimum atomic E-state index is 0.220. The Hall–Kier alpha value is -1.94. The molecular formula is C8H6N4. The van der Waals surface area contributed by atoms with Crippen LogP contribution in [-0.4, -0.2) is 9.97 Å². The molecule has 1 aromatic rings. The van der Waals surface area contributed by atoms with E-state index in [-0.39, 0.29) is 11.4 Å². The minimum absolute atomic E-state index is 0.220. The van der Waals surface area contributed by atoms with Gasteiger partial charge >= 0.3 is 0 Å². The maximum atomic E-state index is 8.57. The monoisotopic (exact) mass is 158 g/mol. The Labute approximate surface area is 70.1 Å². The van der Waals surface area contributed by atoms with E-state index in [1.54, 1.807) is 13.8 Å². The second-order valence-electron chi connectivity index (χ2n) is 2.32. The van der Waals surface area contributed by atoms with Crippen LogP contribution in [0.4, 0.5) is 0 Å². The van der Waals surface area contributed by atoms with Gasteiger partial charge in [-0.3, -0.25) is 4.98 Å². The van der Waals surface area contributed by atoms with Crippen molar-refractivity contribution in [3.8, 4) is 12.1 Å². The Morgan fingerprint density at radius 3 is 1.67 bits per heavy atom. The predicted molar refractivity (Wildman–Crippen MR) is 40.9 cm³/mol. The van der Waals surface area contributed by atoms with E-state index in [1.807, 2.05) is 12.1 Å². The summed E-state index contributed by atoms with van der Waals surface area (Å²) in [5, 5.41) is 17.1. The van der Waals surface area contributed by atoms with E-state index in [9.17, 15) is 0 Å². The van der Waals surface area contributed by atoms with Crippen molar-refractivity contribution in [1.82, 2.24) is 9.97 Å². The van der Waals surface area contributed by atoms with Crippen LogP contribution in [0.15, 0.2) is 0 Å². The van der Waals surface area contributed by atoms with Crippen LogP contribution in [-0.2, 0) is 0 Å². The fraction of sp³-hybridized carbons (Fsp3) is 0.250. The second-order valence-corrected chi connectivity index (χ2v) is 2.32. The van der Waals surface area contributed by atoms with Gasteiger partial charge in [0.1, 0.15) is 12.1 Å². The van der Waals surface area contributed by atoms with Crippen LogP contribution in [0.1, 0.15) is 22.8 Å². The Bertz CT molecular complexity index is 359. The third-order valence-corrected chi connectivity index (χ3v) is 1.46. The summed E-state index contributed by atoms with van der Waals surface area (Å²) < 4.78 is 0. The molecule has 1 aromatic heterocycles. The lowest BCUT2D eigenvalue weighted by molar-refractivity contribution is 1.01. The summed E-state index contributed by atoms with van der Waals surface area (Å²) in [5.41, 5.74) is 1.57. The second kappa shape index (κ2) is 2.98. The lowest BCUT2D eigenvalue weighted by Crippen LogP contribution is -1.99. The highest BCUT2D eigenvalue weighted by Gasteiger charge is 2.05. The summed E-state index contributed by atoms with van der Waals surface area (Å²) in [7, 11) is 0. The molecule has 0 amide bonds. The van der Waals surface area contributed by atoms with E-state index in [1.165, 1.54) is 0 Å². The number of nitriles is 2. The fourth-order valence-electron chi connectivity index (χ4n) is 0.843. The molecule has 12 heavy (non-hydrogen) atoms. The Kier molecular flexibility index (Phi) is 2.02. The zero-order chi connectivity index (χ0) is 9.14. The van der Waals surface area contributed by atoms with Gasteiger partial charge in [-0.2, -0.15) is 10.5 Å². The molecule has 0 unspecified atom stereocenters. The largest absolute Gasteiger partial charge is 0.252 e. The van der Waals surface area contributed by atoms with E-state index in [2.05, 4.69) is 9.97 Å². The van der Waals surface area contributed by atoms with Crippen LogP contribution in [0, 0.1) is 36.5 Å². The van der Waals surface area contributed by atoms with Crippen molar-refractivity contribution in [3.63, 3.8) is 0 Å². The van der Waals surface area contributed by atoms with Gasteiger partial charge in [0, 0.05) is 0 Å². The van der Waals surface area contributed by atoms with Crippen LogP contribution < -0.4 is 0 Å². The van der Waals surface area contributed by atoms with Crippen molar-refractivity contribution in [2.45, 2.75) is 13.8 Å². The van der Waals surface area contributed by atoms with Crippen molar-refractivity contribution in [2.75, 3.05) is 0 Å². The Morgan fingerprint density at radius 1 is 0.917 bits per heavy atom. The molecule has 4 nitrogen and oxygen atoms in total. The quantitative estimate of drug-likeness (QED) is 0.560. The highest BCUT2D eigenvalue weighted by atomic mass is 14.8. The van der Waals surface area contributed by atoms with E-state index in [0.29, 0.717) is 11.4 Å². The standard InChI is InChI=1S/C8H6N4/c1-5-7(3-9)12-8(4-10)6(2)11-5/h1-2H3. The van der Waals surface area contributed by atoms with E-state index in [4.69, 9.17) is 10.5 Å². The summed E-state index contributed by atoms with van der Waals surface area (Å²) >= 11 is 0.